The van der Waals surface area contributed by atoms with E-state index in [4.69, 9.17) is 0 Å². The summed E-state index contributed by atoms with van der Waals surface area (Å²) in [6.45, 7) is 13.3. The van der Waals surface area contributed by atoms with Gasteiger partial charge < -0.3 is 14.4 Å². The maximum Gasteiger partial charge on any atom is 0.0541 e. The van der Waals surface area contributed by atoms with Crippen LogP contribution in [-0.2, 0) is 0 Å². The van der Waals surface area contributed by atoms with Gasteiger partial charge in [0.25, 0.3) is 0 Å². The molecule has 3 heteroatoms. The van der Waals surface area contributed by atoms with E-state index in [0.29, 0.717) is 0 Å². The first-order valence-corrected chi connectivity index (χ1v) is 24.6. The Morgan fingerprint density at radius 3 is 1.62 bits per heavy atom. The molecule has 2 aliphatic rings. The molecule has 0 amide bonds. The van der Waals surface area contributed by atoms with Crippen molar-refractivity contribution in [1.82, 2.24) is 4.57 Å². The van der Waals surface area contributed by atoms with E-state index in [2.05, 4.69) is 274 Å². The number of rotatable bonds is 10. The Morgan fingerprint density at radius 2 is 1.01 bits per heavy atom. The summed E-state index contributed by atoms with van der Waals surface area (Å²) in [7, 11) is 0. The van der Waals surface area contributed by atoms with Crippen LogP contribution >= 0.6 is 0 Å². The number of para-hydroxylation sites is 2. The average molecular weight is 894 g/mol. The molecule has 0 N–H and O–H groups in total. The second kappa shape index (κ2) is 18.3. The first kappa shape index (κ1) is 43.7. The monoisotopic (exact) mass is 893 g/mol. The van der Waals surface area contributed by atoms with Gasteiger partial charge in [0, 0.05) is 62.4 Å². The summed E-state index contributed by atoms with van der Waals surface area (Å²) >= 11 is 0. The molecule has 0 aliphatic heterocycles. The highest BCUT2D eigenvalue weighted by atomic mass is 15.2. The molecule has 1 aromatic heterocycles. The fourth-order valence-electron chi connectivity index (χ4n) is 10.8. The van der Waals surface area contributed by atoms with E-state index in [9.17, 15) is 0 Å². The predicted octanol–water partition coefficient (Wildman–Crippen LogP) is 17.8. The Kier molecular flexibility index (Phi) is 11.6. The molecule has 1 heterocycles. The standard InChI is InChI=1S/C66H59N3/c1-44-19-30-52(31-20-44)67(53-32-21-45(2)22-33-53)56-38-27-48(5)61(42-56)59-16-12-17-60(62-43-57(39-28-49(62)6)68(54-34-23-46(3)24-35-54)55-36-25-47(4)26-37-55)66(59)50-29-40-65-63(41-50)58-15-10-11-18-64(58)69(65)51-13-8-7-9-14-51/h7-16,18-43,48,60-61H,17H2,1-6H3. The van der Waals surface area contributed by atoms with Crippen molar-refractivity contribution in [2.24, 2.45) is 11.8 Å². The zero-order valence-corrected chi connectivity index (χ0v) is 40.6. The number of benzene rings is 8. The largest absolute Gasteiger partial charge is 0.311 e. The van der Waals surface area contributed by atoms with Crippen molar-refractivity contribution in [3.05, 3.63) is 269 Å². The van der Waals surface area contributed by atoms with E-state index in [0.717, 1.165) is 34.9 Å². The van der Waals surface area contributed by atoms with Gasteiger partial charge in [-0.2, -0.15) is 0 Å². The highest BCUT2D eigenvalue weighted by Gasteiger charge is 2.32. The van der Waals surface area contributed by atoms with Gasteiger partial charge in [-0.05, 0) is 172 Å². The number of anilines is 5. The maximum absolute atomic E-state index is 2.55. The minimum atomic E-state index is 0.100. The third-order valence-electron chi connectivity index (χ3n) is 14.5. The van der Waals surface area contributed by atoms with E-state index >= 15 is 0 Å². The third kappa shape index (κ3) is 8.33. The minimum absolute atomic E-state index is 0.100. The van der Waals surface area contributed by atoms with Crippen LogP contribution in [0.3, 0.4) is 0 Å². The van der Waals surface area contributed by atoms with Gasteiger partial charge in [-0.25, -0.2) is 0 Å². The highest BCUT2D eigenvalue weighted by Crippen LogP contribution is 2.49. The minimum Gasteiger partial charge on any atom is -0.311 e. The lowest BCUT2D eigenvalue weighted by atomic mass is 9.71. The van der Waals surface area contributed by atoms with E-state index in [-0.39, 0.29) is 17.8 Å². The molecule has 0 radical (unpaired) electrons. The highest BCUT2D eigenvalue weighted by molar-refractivity contribution is 6.10. The van der Waals surface area contributed by atoms with E-state index in [1.165, 1.54) is 83.3 Å². The molecule has 3 atom stereocenters. The molecule has 8 aromatic carbocycles. The van der Waals surface area contributed by atoms with Crippen molar-refractivity contribution in [3.8, 4) is 5.69 Å². The lowest BCUT2D eigenvalue weighted by Gasteiger charge is -2.36. The lowest BCUT2D eigenvalue weighted by molar-refractivity contribution is 0.576. The van der Waals surface area contributed by atoms with Crippen molar-refractivity contribution in [2.75, 3.05) is 9.80 Å². The summed E-state index contributed by atoms with van der Waals surface area (Å²) in [5.41, 5.74) is 22.2. The molecule has 0 saturated heterocycles. The van der Waals surface area contributed by atoms with E-state index in [1.54, 1.807) is 0 Å². The van der Waals surface area contributed by atoms with Crippen LogP contribution in [0, 0.1) is 46.5 Å². The van der Waals surface area contributed by atoms with Crippen LogP contribution in [0.15, 0.2) is 230 Å². The van der Waals surface area contributed by atoms with Gasteiger partial charge in [-0.1, -0.05) is 151 Å². The number of allylic oxidation sites excluding steroid dienone is 7. The fourth-order valence-corrected chi connectivity index (χ4v) is 10.8. The summed E-state index contributed by atoms with van der Waals surface area (Å²) in [4.78, 5) is 4.85. The SMILES string of the molecule is Cc1ccc(N(C2=CC(C3=C(c4ccc5c(c4)c4ccccc4n5-c4ccccc4)C(c4cc(N(c5ccc(C)cc5)c5ccc(C)cc5)ccc4C)CC=C3)C(C)C=C2)c2ccc(C)cc2)cc1. The molecule has 3 unspecified atom stereocenters. The fraction of sp³-hybridized carbons (Fsp3) is 0.152. The Labute approximate surface area is 408 Å². The van der Waals surface area contributed by atoms with Crippen LogP contribution in [0.1, 0.15) is 58.2 Å². The van der Waals surface area contributed by atoms with Gasteiger partial charge in [0.05, 0.1) is 11.0 Å². The molecule has 0 fully saturated rings. The number of fused-ring (bicyclic) bond motifs is 3. The second-order valence-corrected chi connectivity index (χ2v) is 19.4. The van der Waals surface area contributed by atoms with Gasteiger partial charge in [0.1, 0.15) is 0 Å². The van der Waals surface area contributed by atoms with Crippen molar-refractivity contribution < 1.29 is 0 Å². The number of aromatic nitrogens is 1. The summed E-state index contributed by atoms with van der Waals surface area (Å²) in [5.74, 6) is 0.469. The normalized spacial score (nSPS) is 16.8. The molecule has 9 aromatic rings. The molecule has 0 spiro atoms. The summed E-state index contributed by atoms with van der Waals surface area (Å²) in [6.07, 6.45) is 13.1. The van der Waals surface area contributed by atoms with Gasteiger partial charge in [-0.15, -0.1) is 0 Å². The molecule has 338 valence electrons. The van der Waals surface area contributed by atoms with Gasteiger partial charge in [0.2, 0.25) is 0 Å². The van der Waals surface area contributed by atoms with E-state index < -0.39 is 0 Å². The molecule has 0 bridgehead atoms. The topological polar surface area (TPSA) is 11.4 Å². The molecular formula is C66H59N3. The third-order valence-corrected chi connectivity index (χ3v) is 14.5. The average Bonchev–Trinajstić information content (AvgIpc) is 3.71. The van der Waals surface area contributed by atoms with Crippen molar-refractivity contribution in [3.63, 3.8) is 0 Å². The number of hydrogen-bond donors (Lipinski definition) is 0. The van der Waals surface area contributed by atoms with Crippen molar-refractivity contribution in [1.29, 1.82) is 0 Å². The molecule has 3 nitrogen and oxygen atoms in total. The Morgan fingerprint density at radius 1 is 0.478 bits per heavy atom. The van der Waals surface area contributed by atoms with Gasteiger partial charge in [0.15, 0.2) is 0 Å². The smallest absolute Gasteiger partial charge is 0.0541 e. The molecule has 0 saturated carbocycles. The molecule has 2 aliphatic carbocycles. The number of nitrogens with zero attached hydrogens (tertiary/aromatic N) is 3. The van der Waals surface area contributed by atoms with Crippen LogP contribution in [-0.4, -0.2) is 4.57 Å². The van der Waals surface area contributed by atoms with Gasteiger partial charge >= 0.3 is 0 Å². The first-order valence-electron chi connectivity index (χ1n) is 24.6. The zero-order chi connectivity index (χ0) is 47.2. The Bertz CT molecular complexity index is 3360. The lowest BCUT2D eigenvalue weighted by Crippen LogP contribution is -2.23. The Hall–Kier alpha value is -7.88. The van der Waals surface area contributed by atoms with Gasteiger partial charge in [-0.3, -0.25) is 0 Å². The van der Waals surface area contributed by atoms with Crippen molar-refractivity contribution in [2.45, 2.75) is 53.9 Å². The second-order valence-electron chi connectivity index (χ2n) is 19.4. The van der Waals surface area contributed by atoms with Crippen LogP contribution in [0.4, 0.5) is 28.4 Å². The van der Waals surface area contributed by atoms with Crippen LogP contribution in [0.25, 0.3) is 33.1 Å². The quantitative estimate of drug-likeness (QED) is 0.136. The van der Waals surface area contributed by atoms with Crippen molar-refractivity contribution >= 4 is 55.8 Å². The maximum atomic E-state index is 2.55. The molecular weight excluding hydrogens is 835 g/mol. The van der Waals surface area contributed by atoms with Crippen LogP contribution in [0.5, 0.6) is 0 Å². The number of hydrogen-bond acceptors (Lipinski definition) is 2. The summed E-state index contributed by atoms with van der Waals surface area (Å²) < 4.78 is 2.42. The van der Waals surface area contributed by atoms with E-state index in [1.807, 2.05) is 0 Å². The summed E-state index contributed by atoms with van der Waals surface area (Å²) in [5, 5.41) is 2.52. The van der Waals surface area contributed by atoms with Crippen LogP contribution < -0.4 is 9.80 Å². The number of aryl methyl sites for hydroxylation is 5. The van der Waals surface area contributed by atoms with Crippen LogP contribution in [0.2, 0.25) is 0 Å². The molecule has 69 heavy (non-hydrogen) atoms. The zero-order valence-electron chi connectivity index (χ0n) is 40.6. The predicted molar refractivity (Wildman–Crippen MR) is 294 cm³/mol. The first-order chi connectivity index (χ1) is 33.7. The summed E-state index contributed by atoms with van der Waals surface area (Å²) in [6, 6.07) is 69.9. The Balaban J connectivity index is 1.13. The molecule has 11 rings (SSSR count).